The average molecular weight is 283 g/mol. The van der Waals surface area contributed by atoms with Gasteiger partial charge in [0, 0.05) is 25.2 Å². The van der Waals surface area contributed by atoms with Crippen LogP contribution in [0.15, 0.2) is 12.1 Å². The summed E-state index contributed by atoms with van der Waals surface area (Å²) in [7, 11) is 4.73. The summed E-state index contributed by atoms with van der Waals surface area (Å²) in [4.78, 5) is 0. The van der Waals surface area contributed by atoms with Gasteiger partial charge in [-0.25, -0.2) is 0 Å². The highest BCUT2D eigenvalue weighted by Gasteiger charge is 2.17. The Morgan fingerprint density at radius 3 is 2.35 bits per heavy atom. The summed E-state index contributed by atoms with van der Waals surface area (Å²) < 4.78 is 27.2. The zero-order valence-electron chi connectivity index (χ0n) is 12.1. The van der Waals surface area contributed by atoms with Gasteiger partial charge in [0.05, 0.1) is 27.9 Å². The van der Waals surface area contributed by atoms with E-state index >= 15 is 0 Å². The maximum absolute atomic E-state index is 5.75. The monoisotopic (exact) mass is 283 g/mol. The summed E-state index contributed by atoms with van der Waals surface area (Å²) in [6, 6.07) is 3.55. The fourth-order valence-corrected chi connectivity index (χ4v) is 2.06. The van der Waals surface area contributed by atoms with Crippen molar-refractivity contribution in [2.45, 2.75) is 6.10 Å². The minimum Gasteiger partial charge on any atom is -0.493 e. The largest absolute Gasteiger partial charge is 0.493 e. The van der Waals surface area contributed by atoms with Crippen LogP contribution >= 0.6 is 0 Å². The lowest BCUT2D eigenvalue weighted by Crippen LogP contribution is -2.41. The molecule has 2 rings (SSSR count). The van der Waals surface area contributed by atoms with Crippen LogP contribution < -0.4 is 24.3 Å². The van der Waals surface area contributed by atoms with Gasteiger partial charge in [-0.05, 0) is 0 Å². The van der Waals surface area contributed by atoms with Crippen LogP contribution in [0.4, 0.5) is 0 Å². The van der Waals surface area contributed by atoms with E-state index in [0.29, 0.717) is 36.2 Å². The second kappa shape index (κ2) is 7.21. The predicted molar refractivity (Wildman–Crippen MR) is 74.2 cm³/mol. The molecule has 1 aromatic carbocycles. The molecule has 6 nitrogen and oxygen atoms in total. The van der Waals surface area contributed by atoms with Gasteiger partial charge in [-0.2, -0.15) is 0 Å². The van der Waals surface area contributed by atoms with Gasteiger partial charge in [-0.1, -0.05) is 0 Å². The molecule has 1 aliphatic rings. The van der Waals surface area contributed by atoms with E-state index in [-0.39, 0.29) is 6.10 Å². The predicted octanol–water partition coefficient (Wildman–Crippen LogP) is 1.08. The molecule has 1 N–H and O–H groups in total. The Morgan fingerprint density at radius 1 is 1.15 bits per heavy atom. The Balaban J connectivity index is 2.06. The fraction of sp³-hybridized carbons (Fsp3) is 0.571. The molecule has 1 heterocycles. The van der Waals surface area contributed by atoms with E-state index in [1.807, 2.05) is 0 Å². The molecule has 1 unspecified atom stereocenters. The second-order valence-corrected chi connectivity index (χ2v) is 4.37. The van der Waals surface area contributed by atoms with Crippen molar-refractivity contribution < 1.29 is 23.7 Å². The molecule has 0 spiro atoms. The number of hydrogen-bond donors (Lipinski definition) is 1. The Kier molecular flexibility index (Phi) is 5.31. The molecule has 1 aromatic rings. The molecule has 1 atom stereocenters. The Morgan fingerprint density at radius 2 is 1.85 bits per heavy atom. The first-order valence-corrected chi connectivity index (χ1v) is 6.53. The molecular weight excluding hydrogens is 262 g/mol. The van der Waals surface area contributed by atoms with Gasteiger partial charge in [0.25, 0.3) is 0 Å². The first-order chi connectivity index (χ1) is 9.78. The molecule has 112 valence electrons. The lowest BCUT2D eigenvalue weighted by molar-refractivity contribution is 0.000105. The van der Waals surface area contributed by atoms with E-state index in [1.165, 1.54) is 0 Å². The van der Waals surface area contributed by atoms with Crippen LogP contribution in [0.3, 0.4) is 0 Å². The summed E-state index contributed by atoms with van der Waals surface area (Å²) in [5.41, 5.74) is 0. The fourth-order valence-electron chi connectivity index (χ4n) is 2.06. The molecular formula is C14H21NO5. The first-order valence-electron chi connectivity index (χ1n) is 6.53. The molecule has 0 amide bonds. The minimum atomic E-state index is 0.0582. The number of ether oxygens (including phenoxy) is 5. The van der Waals surface area contributed by atoms with Crippen molar-refractivity contribution in [3.05, 3.63) is 12.1 Å². The molecule has 0 saturated carbocycles. The zero-order chi connectivity index (χ0) is 14.4. The number of rotatable bonds is 6. The van der Waals surface area contributed by atoms with Gasteiger partial charge >= 0.3 is 0 Å². The Bertz CT molecular complexity index is 407. The summed E-state index contributed by atoms with van der Waals surface area (Å²) in [6.07, 6.45) is 0.0582. The van der Waals surface area contributed by atoms with Crippen molar-refractivity contribution in [1.29, 1.82) is 0 Å². The topological polar surface area (TPSA) is 58.2 Å². The van der Waals surface area contributed by atoms with Crippen molar-refractivity contribution in [2.24, 2.45) is 0 Å². The van der Waals surface area contributed by atoms with Crippen molar-refractivity contribution in [3.63, 3.8) is 0 Å². The number of hydrogen-bond acceptors (Lipinski definition) is 6. The first kappa shape index (κ1) is 14.7. The quantitative estimate of drug-likeness (QED) is 0.843. The van der Waals surface area contributed by atoms with Crippen LogP contribution in [0.1, 0.15) is 0 Å². The van der Waals surface area contributed by atoms with E-state index in [2.05, 4.69) is 5.32 Å². The number of morpholine rings is 1. The van der Waals surface area contributed by atoms with Gasteiger partial charge in [0.1, 0.15) is 18.5 Å². The third-order valence-electron chi connectivity index (χ3n) is 3.08. The minimum absolute atomic E-state index is 0.0582. The molecule has 1 fully saturated rings. The number of nitrogens with one attached hydrogen (secondary N) is 1. The van der Waals surface area contributed by atoms with Gasteiger partial charge in [-0.3, -0.25) is 0 Å². The molecule has 0 aliphatic carbocycles. The Labute approximate surface area is 118 Å². The van der Waals surface area contributed by atoms with Crippen LogP contribution in [0.25, 0.3) is 0 Å². The maximum Gasteiger partial charge on any atom is 0.203 e. The van der Waals surface area contributed by atoms with Gasteiger partial charge in [-0.15, -0.1) is 0 Å². The molecule has 6 heteroatoms. The lowest BCUT2D eigenvalue weighted by Gasteiger charge is -2.24. The molecule has 1 aliphatic heterocycles. The highest BCUT2D eigenvalue weighted by molar-refractivity contribution is 5.55. The molecule has 0 aromatic heterocycles. The van der Waals surface area contributed by atoms with Crippen LogP contribution in [-0.2, 0) is 4.74 Å². The smallest absolute Gasteiger partial charge is 0.203 e. The molecule has 1 saturated heterocycles. The van der Waals surface area contributed by atoms with Crippen LogP contribution in [-0.4, -0.2) is 53.7 Å². The van der Waals surface area contributed by atoms with E-state index in [4.69, 9.17) is 23.7 Å². The van der Waals surface area contributed by atoms with Gasteiger partial charge < -0.3 is 29.0 Å². The standard InChI is InChI=1S/C14H21NO5/c1-16-12-6-10(7-13(17-2)14(12)18-3)20-9-11-8-15-4-5-19-11/h6-7,11,15H,4-5,8-9H2,1-3H3. The van der Waals surface area contributed by atoms with Crippen LogP contribution in [0.5, 0.6) is 23.0 Å². The van der Waals surface area contributed by atoms with Crippen LogP contribution in [0, 0.1) is 0 Å². The van der Waals surface area contributed by atoms with Crippen molar-refractivity contribution in [3.8, 4) is 23.0 Å². The van der Waals surface area contributed by atoms with Crippen molar-refractivity contribution in [1.82, 2.24) is 5.32 Å². The Hall–Kier alpha value is -1.66. The van der Waals surface area contributed by atoms with Crippen molar-refractivity contribution in [2.75, 3.05) is 47.6 Å². The van der Waals surface area contributed by atoms with E-state index in [0.717, 1.165) is 13.1 Å². The lowest BCUT2D eigenvalue weighted by atomic mass is 10.2. The number of methoxy groups -OCH3 is 3. The maximum atomic E-state index is 5.75. The van der Waals surface area contributed by atoms with E-state index < -0.39 is 0 Å². The normalized spacial score (nSPS) is 18.4. The van der Waals surface area contributed by atoms with Gasteiger partial charge in [0.15, 0.2) is 11.5 Å². The summed E-state index contributed by atoms with van der Waals surface area (Å²) in [6.45, 7) is 2.88. The average Bonchev–Trinajstić information content (AvgIpc) is 2.52. The summed E-state index contributed by atoms with van der Waals surface area (Å²) in [5.74, 6) is 2.36. The van der Waals surface area contributed by atoms with E-state index in [9.17, 15) is 0 Å². The molecule has 0 radical (unpaired) electrons. The third kappa shape index (κ3) is 3.46. The van der Waals surface area contributed by atoms with Gasteiger partial charge in [0.2, 0.25) is 5.75 Å². The molecule has 20 heavy (non-hydrogen) atoms. The molecule has 0 bridgehead atoms. The second-order valence-electron chi connectivity index (χ2n) is 4.37. The van der Waals surface area contributed by atoms with Crippen LogP contribution in [0.2, 0.25) is 0 Å². The third-order valence-corrected chi connectivity index (χ3v) is 3.08. The van der Waals surface area contributed by atoms with E-state index in [1.54, 1.807) is 33.5 Å². The number of benzene rings is 1. The summed E-state index contributed by atoms with van der Waals surface area (Å²) in [5, 5.41) is 3.26. The SMILES string of the molecule is COc1cc(OCC2CNCCO2)cc(OC)c1OC. The zero-order valence-corrected chi connectivity index (χ0v) is 12.1. The highest BCUT2D eigenvalue weighted by Crippen LogP contribution is 2.40. The summed E-state index contributed by atoms with van der Waals surface area (Å²) >= 11 is 0. The highest BCUT2D eigenvalue weighted by atomic mass is 16.5. The van der Waals surface area contributed by atoms with Crippen molar-refractivity contribution >= 4 is 0 Å².